The number of halogens is 1. The number of nitrogens with one attached hydrogen (secondary N) is 2. The predicted octanol–water partition coefficient (Wildman–Crippen LogP) is 3.47. The smallest absolute Gasteiger partial charge is 0.324 e. The van der Waals surface area contributed by atoms with Crippen LogP contribution < -0.4 is 10.6 Å². The van der Waals surface area contributed by atoms with Crippen LogP contribution in [0.1, 0.15) is 24.4 Å². The molecule has 0 unspecified atom stereocenters. The van der Waals surface area contributed by atoms with Crippen LogP contribution in [0.2, 0.25) is 0 Å². The van der Waals surface area contributed by atoms with Gasteiger partial charge in [0.25, 0.3) is 0 Å². The van der Waals surface area contributed by atoms with Gasteiger partial charge in [0.15, 0.2) is 0 Å². The minimum absolute atomic E-state index is 0.0712. The summed E-state index contributed by atoms with van der Waals surface area (Å²) >= 11 is 0. The van der Waals surface area contributed by atoms with E-state index in [1.165, 1.54) is 18.2 Å². The number of carbonyl (C=O) groups is 2. The number of rotatable bonds is 5. The van der Waals surface area contributed by atoms with Crippen LogP contribution in [0.25, 0.3) is 0 Å². The second kappa shape index (κ2) is 9.38. The molecule has 4 rings (SSSR count). The quantitative estimate of drug-likeness (QED) is 0.659. The molecule has 9 heteroatoms. The lowest BCUT2D eigenvalue weighted by Crippen LogP contribution is -2.40. The Labute approximate surface area is 179 Å². The minimum Gasteiger partial charge on any atom is -0.342 e. The van der Waals surface area contributed by atoms with Crippen molar-refractivity contribution in [2.75, 3.05) is 23.7 Å². The number of hydrogen-bond donors (Lipinski definition) is 2. The van der Waals surface area contributed by atoms with Crippen molar-refractivity contribution >= 4 is 23.4 Å². The molecule has 1 aliphatic rings. The Kier molecular flexibility index (Phi) is 6.21. The number of amides is 3. The van der Waals surface area contributed by atoms with Gasteiger partial charge in [-0.15, -0.1) is 0 Å². The highest BCUT2D eigenvalue weighted by molar-refractivity contribution is 5.99. The van der Waals surface area contributed by atoms with E-state index in [1.807, 2.05) is 17.0 Å². The van der Waals surface area contributed by atoms with Crippen LogP contribution in [-0.4, -0.2) is 44.7 Å². The first kappa shape index (κ1) is 20.5. The van der Waals surface area contributed by atoms with Crippen molar-refractivity contribution in [3.8, 4) is 0 Å². The second-order valence-corrected chi connectivity index (χ2v) is 7.40. The Balaban J connectivity index is 1.32. The van der Waals surface area contributed by atoms with E-state index in [9.17, 15) is 14.0 Å². The summed E-state index contributed by atoms with van der Waals surface area (Å²) in [7, 11) is 0. The average molecular weight is 422 g/mol. The van der Waals surface area contributed by atoms with Crippen LogP contribution in [0.5, 0.6) is 0 Å². The summed E-state index contributed by atoms with van der Waals surface area (Å²) < 4.78 is 15.1. The van der Waals surface area contributed by atoms with Gasteiger partial charge in [0.2, 0.25) is 5.91 Å². The number of pyridine rings is 1. The minimum atomic E-state index is -0.476. The third kappa shape index (κ3) is 5.25. The molecule has 0 aliphatic carbocycles. The molecule has 3 amide bonds. The molecule has 1 saturated heterocycles. The number of anilines is 2. The van der Waals surface area contributed by atoms with E-state index in [2.05, 4.69) is 20.7 Å². The number of likely N-dealkylation sites (tertiary alicyclic amines) is 1. The van der Waals surface area contributed by atoms with E-state index < -0.39 is 11.8 Å². The normalized spacial score (nSPS) is 14.3. The number of aromatic nitrogens is 3. The SMILES string of the molecule is O=C(Nc1cccc(F)c1)Nc1ccnn1C1CCN(C(=O)Cc2cccnc2)CC1. The van der Waals surface area contributed by atoms with Crippen LogP contribution in [0, 0.1) is 5.82 Å². The Bertz CT molecular complexity index is 1050. The molecular formula is C22H23FN6O2. The van der Waals surface area contributed by atoms with Gasteiger partial charge < -0.3 is 10.2 Å². The van der Waals surface area contributed by atoms with Gasteiger partial charge >= 0.3 is 6.03 Å². The monoisotopic (exact) mass is 422 g/mol. The zero-order valence-electron chi connectivity index (χ0n) is 16.9. The first-order valence-corrected chi connectivity index (χ1v) is 10.1. The summed E-state index contributed by atoms with van der Waals surface area (Å²) in [6, 6.07) is 10.7. The van der Waals surface area contributed by atoms with Gasteiger partial charge in [0.1, 0.15) is 11.6 Å². The third-order valence-electron chi connectivity index (χ3n) is 5.24. The fraction of sp³-hybridized carbons (Fsp3) is 0.273. The standard InChI is InChI=1S/C22H23FN6O2/c23-17-4-1-5-18(14-17)26-22(31)27-20-6-10-25-29(20)19-7-11-28(12-8-19)21(30)13-16-3-2-9-24-15-16/h1-6,9-10,14-15,19H,7-8,11-13H2,(H2,26,27,31). The lowest BCUT2D eigenvalue weighted by Gasteiger charge is -2.32. The zero-order chi connectivity index (χ0) is 21.6. The van der Waals surface area contributed by atoms with Crippen LogP contribution >= 0.6 is 0 Å². The van der Waals surface area contributed by atoms with Crippen molar-refractivity contribution in [1.29, 1.82) is 0 Å². The second-order valence-electron chi connectivity index (χ2n) is 7.40. The molecule has 3 heterocycles. The van der Waals surface area contributed by atoms with Crippen LogP contribution in [0.15, 0.2) is 61.1 Å². The van der Waals surface area contributed by atoms with Crippen molar-refractivity contribution in [2.45, 2.75) is 25.3 Å². The van der Waals surface area contributed by atoms with Gasteiger partial charge in [-0.1, -0.05) is 12.1 Å². The highest BCUT2D eigenvalue weighted by Gasteiger charge is 2.25. The number of urea groups is 1. The van der Waals surface area contributed by atoms with Crippen LogP contribution in [-0.2, 0) is 11.2 Å². The summed E-state index contributed by atoms with van der Waals surface area (Å²) in [6.45, 7) is 1.25. The molecule has 2 aromatic heterocycles. The Hall–Kier alpha value is -3.75. The first-order chi connectivity index (χ1) is 15.1. The lowest BCUT2D eigenvalue weighted by atomic mass is 10.0. The molecule has 8 nitrogen and oxygen atoms in total. The molecule has 1 aromatic carbocycles. The zero-order valence-corrected chi connectivity index (χ0v) is 16.9. The topological polar surface area (TPSA) is 92.2 Å². The van der Waals surface area contributed by atoms with Gasteiger partial charge in [0.05, 0.1) is 18.7 Å². The fourth-order valence-corrected chi connectivity index (χ4v) is 3.70. The van der Waals surface area contributed by atoms with Gasteiger partial charge in [-0.05, 0) is 42.7 Å². The molecular weight excluding hydrogens is 399 g/mol. The van der Waals surface area contributed by atoms with Gasteiger partial charge in [0, 0.05) is 37.2 Å². The molecule has 0 bridgehead atoms. The Morgan fingerprint density at radius 3 is 2.65 bits per heavy atom. The molecule has 0 spiro atoms. The maximum Gasteiger partial charge on any atom is 0.324 e. The van der Waals surface area contributed by atoms with Gasteiger partial charge in [-0.25, -0.2) is 13.9 Å². The molecule has 160 valence electrons. The number of nitrogens with zero attached hydrogens (tertiary/aromatic N) is 4. The molecule has 2 N–H and O–H groups in total. The summed E-state index contributed by atoms with van der Waals surface area (Å²) in [5, 5.41) is 9.72. The predicted molar refractivity (Wildman–Crippen MR) is 114 cm³/mol. The maximum atomic E-state index is 13.3. The van der Waals surface area contributed by atoms with Crippen molar-refractivity contribution in [3.63, 3.8) is 0 Å². The van der Waals surface area contributed by atoms with Gasteiger partial charge in [-0.3, -0.25) is 15.1 Å². The molecule has 31 heavy (non-hydrogen) atoms. The third-order valence-corrected chi connectivity index (χ3v) is 5.24. The van der Waals surface area contributed by atoms with Crippen molar-refractivity contribution in [3.05, 3.63) is 72.4 Å². The highest BCUT2D eigenvalue weighted by atomic mass is 19.1. The summed E-state index contributed by atoms with van der Waals surface area (Å²) in [6.07, 6.45) is 6.83. The number of hydrogen-bond acceptors (Lipinski definition) is 4. The molecule has 1 aliphatic heterocycles. The Morgan fingerprint density at radius 1 is 1.06 bits per heavy atom. The van der Waals surface area contributed by atoms with Gasteiger partial charge in [-0.2, -0.15) is 5.10 Å². The fourth-order valence-electron chi connectivity index (χ4n) is 3.70. The van der Waals surface area contributed by atoms with Crippen molar-refractivity contribution in [2.24, 2.45) is 0 Å². The van der Waals surface area contributed by atoms with E-state index in [0.29, 0.717) is 31.0 Å². The Morgan fingerprint density at radius 2 is 1.90 bits per heavy atom. The number of piperidine rings is 1. The molecule has 1 fully saturated rings. The molecule has 0 saturated carbocycles. The van der Waals surface area contributed by atoms with E-state index in [-0.39, 0.29) is 11.9 Å². The number of benzene rings is 1. The summed E-state index contributed by atoms with van der Waals surface area (Å²) in [5.41, 5.74) is 1.27. The summed E-state index contributed by atoms with van der Waals surface area (Å²) in [4.78, 5) is 30.8. The molecule has 0 atom stereocenters. The first-order valence-electron chi connectivity index (χ1n) is 10.1. The average Bonchev–Trinajstić information content (AvgIpc) is 3.22. The van der Waals surface area contributed by atoms with Crippen molar-refractivity contribution < 1.29 is 14.0 Å². The van der Waals surface area contributed by atoms with E-state index in [1.54, 1.807) is 35.4 Å². The number of carbonyl (C=O) groups excluding carboxylic acids is 2. The van der Waals surface area contributed by atoms with Crippen LogP contribution in [0.3, 0.4) is 0 Å². The van der Waals surface area contributed by atoms with Crippen LogP contribution in [0.4, 0.5) is 20.7 Å². The summed E-state index contributed by atoms with van der Waals surface area (Å²) in [5.74, 6) is 0.210. The molecule has 0 radical (unpaired) electrons. The highest BCUT2D eigenvalue weighted by Crippen LogP contribution is 2.26. The van der Waals surface area contributed by atoms with E-state index in [4.69, 9.17) is 0 Å². The lowest BCUT2D eigenvalue weighted by molar-refractivity contribution is -0.131. The van der Waals surface area contributed by atoms with E-state index >= 15 is 0 Å². The van der Waals surface area contributed by atoms with E-state index in [0.717, 1.165) is 18.4 Å². The largest absolute Gasteiger partial charge is 0.342 e. The molecule has 3 aromatic rings. The van der Waals surface area contributed by atoms with Crippen molar-refractivity contribution in [1.82, 2.24) is 19.7 Å². The maximum absolute atomic E-state index is 13.3.